The third kappa shape index (κ3) is 5.52. The number of fused-ring (bicyclic) bond motifs is 2. The normalized spacial score (nSPS) is 14.4. The Balaban J connectivity index is 1.44. The molecular formula is C25H34N4O5. The van der Waals surface area contributed by atoms with Crippen molar-refractivity contribution in [2.24, 2.45) is 5.92 Å². The number of carbonyl (C=O) groups excluding carboxylic acids is 2. The topological polar surface area (TPSA) is 94.9 Å². The third-order valence-corrected chi connectivity index (χ3v) is 6.28. The van der Waals surface area contributed by atoms with Gasteiger partial charge in [-0.25, -0.2) is 0 Å². The van der Waals surface area contributed by atoms with E-state index < -0.39 is 0 Å². The minimum absolute atomic E-state index is 0.0731. The van der Waals surface area contributed by atoms with Crippen LogP contribution in [0.15, 0.2) is 18.2 Å². The quantitative estimate of drug-likeness (QED) is 0.537. The van der Waals surface area contributed by atoms with Crippen LogP contribution < -0.4 is 14.8 Å². The molecule has 34 heavy (non-hydrogen) atoms. The summed E-state index contributed by atoms with van der Waals surface area (Å²) in [5.41, 5.74) is 3.39. The highest BCUT2D eigenvalue weighted by molar-refractivity contribution is 5.94. The van der Waals surface area contributed by atoms with E-state index in [4.69, 9.17) is 14.2 Å². The van der Waals surface area contributed by atoms with Crippen LogP contribution in [-0.2, 0) is 35.5 Å². The lowest BCUT2D eigenvalue weighted by Gasteiger charge is -2.28. The minimum Gasteiger partial charge on any atom is -0.454 e. The van der Waals surface area contributed by atoms with Gasteiger partial charge in [-0.05, 0) is 36.5 Å². The van der Waals surface area contributed by atoms with E-state index in [0.717, 1.165) is 41.3 Å². The summed E-state index contributed by atoms with van der Waals surface area (Å²) in [5.74, 6) is 1.86. The van der Waals surface area contributed by atoms with E-state index in [0.29, 0.717) is 57.1 Å². The second kappa shape index (κ2) is 10.9. The summed E-state index contributed by atoms with van der Waals surface area (Å²) in [6.45, 7) is 7.25. The molecule has 0 aliphatic carbocycles. The fourth-order valence-electron chi connectivity index (χ4n) is 4.31. The number of benzene rings is 1. The lowest BCUT2D eigenvalue weighted by molar-refractivity contribution is -0.132. The summed E-state index contributed by atoms with van der Waals surface area (Å²) in [6, 6.07) is 5.79. The molecule has 4 rings (SSSR count). The molecule has 2 aliphatic rings. The molecular weight excluding hydrogens is 436 g/mol. The Morgan fingerprint density at radius 2 is 2.06 bits per heavy atom. The zero-order valence-electron chi connectivity index (χ0n) is 20.3. The largest absolute Gasteiger partial charge is 0.454 e. The second-order valence-corrected chi connectivity index (χ2v) is 9.18. The Hall–Kier alpha value is -3.07. The maximum atomic E-state index is 13.1. The number of methoxy groups -OCH3 is 1. The van der Waals surface area contributed by atoms with Crippen LogP contribution in [0, 0.1) is 5.92 Å². The number of rotatable bonds is 10. The smallest absolute Gasteiger partial charge is 0.272 e. The molecule has 0 saturated carbocycles. The van der Waals surface area contributed by atoms with Crippen molar-refractivity contribution in [3.63, 3.8) is 0 Å². The van der Waals surface area contributed by atoms with Crippen LogP contribution >= 0.6 is 0 Å². The van der Waals surface area contributed by atoms with Gasteiger partial charge < -0.3 is 24.4 Å². The Labute approximate surface area is 200 Å². The highest BCUT2D eigenvalue weighted by Gasteiger charge is 2.30. The number of ether oxygens (including phenoxy) is 3. The van der Waals surface area contributed by atoms with Gasteiger partial charge in [0.2, 0.25) is 12.7 Å². The molecule has 1 aromatic heterocycles. The van der Waals surface area contributed by atoms with E-state index >= 15 is 0 Å². The third-order valence-electron chi connectivity index (χ3n) is 6.28. The maximum Gasteiger partial charge on any atom is 0.272 e. The predicted molar refractivity (Wildman–Crippen MR) is 126 cm³/mol. The fraction of sp³-hybridized carbons (Fsp3) is 0.560. The summed E-state index contributed by atoms with van der Waals surface area (Å²) in [6.07, 6.45) is 2.70. The molecule has 184 valence electrons. The van der Waals surface area contributed by atoms with Crippen molar-refractivity contribution in [2.75, 3.05) is 33.6 Å². The number of aryl methyl sites for hydroxylation is 2. The van der Waals surface area contributed by atoms with Crippen molar-refractivity contribution in [1.29, 1.82) is 0 Å². The standard InChI is InChI=1S/C25H34N4O5/c1-17(2)8-12-29-20-9-11-28(15-19(20)24(27-29)25(31)26-10-13-32-3)23(30)7-5-18-4-6-21-22(14-18)34-16-33-21/h4,6,14,17H,5,7-13,15-16H2,1-3H3,(H,26,31). The van der Waals surface area contributed by atoms with Crippen molar-refractivity contribution in [2.45, 2.75) is 52.6 Å². The predicted octanol–water partition coefficient (Wildman–Crippen LogP) is 2.55. The van der Waals surface area contributed by atoms with E-state index in [1.54, 1.807) is 7.11 Å². The lowest BCUT2D eigenvalue weighted by Crippen LogP contribution is -2.37. The van der Waals surface area contributed by atoms with Gasteiger partial charge in [-0.2, -0.15) is 5.10 Å². The van der Waals surface area contributed by atoms with Crippen LogP contribution in [-0.4, -0.2) is 60.1 Å². The Morgan fingerprint density at radius 3 is 2.85 bits per heavy atom. The summed E-state index contributed by atoms with van der Waals surface area (Å²) in [5, 5.41) is 7.54. The highest BCUT2D eigenvalue weighted by atomic mass is 16.7. The molecule has 9 nitrogen and oxygen atoms in total. The van der Waals surface area contributed by atoms with Gasteiger partial charge in [-0.15, -0.1) is 0 Å². The van der Waals surface area contributed by atoms with Gasteiger partial charge in [-0.3, -0.25) is 14.3 Å². The average Bonchev–Trinajstić information content (AvgIpc) is 3.45. The van der Waals surface area contributed by atoms with Gasteiger partial charge in [0.1, 0.15) is 0 Å². The molecule has 9 heteroatoms. The summed E-state index contributed by atoms with van der Waals surface area (Å²) in [7, 11) is 1.60. The van der Waals surface area contributed by atoms with Crippen molar-refractivity contribution in [3.8, 4) is 11.5 Å². The minimum atomic E-state index is -0.216. The SMILES string of the molecule is COCCNC(=O)c1nn(CCC(C)C)c2c1CN(C(=O)CCc1ccc3c(c1)OCO3)CC2. The number of nitrogens with one attached hydrogen (secondary N) is 1. The van der Waals surface area contributed by atoms with Crippen LogP contribution in [0.4, 0.5) is 0 Å². The zero-order valence-corrected chi connectivity index (χ0v) is 20.3. The molecule has 0 bridgehead atoms. The van der Waals surface area contributed by atoms with Crippen LogP contribution in [0.1, 0.15) is 54.0 Å². The highest BCUT2D eigenvalue weighted by Crippen LogP contribution is 2.33. The summed E-state index contributed by atoms with van der Waals surface area (Å²) < 4.78 is 17.8. The van der Waals surface area contributed by atoms with Gasteiger partial charge >= 0.3 is 0 Å². The first kappa shape index (κ1) is 24.1. The van der Waals surface area contributed by atoms with E-state index in [-0.39, 0.29) is 18.6 Å². The monoisotopic (exact) mass is 470 g/mol. The Morgan fingerprint density at radius 1 is 1.24 bits per heavy atom. The molecule has 0 unspecified atom stereocenters. The first-order valence-electron chi connectivity index (χ1n) is 12.0. The average molecular weight is 471 g/mol. The molecule has 0 radical (unpaired) electrons. The van der Waals surface area contributed by atoms with Crippen molar-refractivity contribution < 1.29 is 23.8 Å². The Bertz CT molecular complexity index is 1030. The molecule has 2 aromatic rings. The number of hydrogen-bond acceptors (Lipinski definition) is 6. The van der Waals surface area contributed by atoms with Gasteiger partial charge in [0.15, 0.2) is 17.2 Å². The molecule has 1 aromatic carbocycles. The van der Waals surface area contributed by atoms with E-state index in [1.165, 1.54) is 0 Å². The fourth-order valence-corrected chi connectivity index (χ4v) is 4.31. The van der Waals surface area contributed by atoms with Crippen LogP contribution in [0.3, 0.4) is 0 Å². The van der Waals surface area contributed by atoms with Crippen molar-refractivity contribution >= 4 is 11.8 Å². The van der Waals surface area contributed by atoms with Gasteiger partial charge in [0, 0.05) is 57.4 Å². The number of nitrogens with zero attached hydrogens (tertiary/aromatic N) is 3. The van der Waals surface area contributed by atoms with Crippen molar-refractivity contribution in [3.05, 3.63) is 40.7 Å². The number of aromatic nitrogens is 2. The summed E-state index contributed by atoms with van der Waals surface area (Å²) >= 11 is 0. The van der Waals surface area contributed by atoms with Gasteiger partial charge in [-0.1, -0.05) is 19.9 Å². The Kier molecular flexibility index (Phi) is 7.72. The van der Waals surface area contributed by atoms with Gasteiger partial charge in [0.25, 0.3) is 5.91 Å². The van der Waals surface area contributed by atoms with Crippen molar-refractivity contribution in [1.82, 2.24) is 20.0 Å². The molecule has 3 heterocycles. The van der Waals surface area contributed by atoms with Crippen LogP contribution in [0.25, 0.3) is 0 Å². The van der Waals surface area contributed by atoms with E-state index in [1.807, 2.05) is 27.8 Å². The molecule has 0 fully saturated rings. The summed E-state index contributed by atoms with van der Waals surface area (Å²) in [4.78, 5) is 27.8. The molecule has 2 amide bonds. The molecule has 0 atom stereocenters. The molecule has 2 aliphatic heterocycles. The number of amides is 2. The first-order valence-corrected chi connectivity index (χ1v) is 12.0. The molecule has 0 spiro atoms. The molecule has 0 saturated heterocycles. The molecule has 1 N–H and O–H groups in total. The van der Waals surface area contributed by atoms with Crippen LogP contribution in [0.2, 0.25) is 0 Å². The maximum absolute atomic E-state index is 13.1. The number of carbonyl (C=O) groups is 2. The van der Waals surface area contributed by atoms with E-state index in [9.17, 15) is 9.59 Å². The lowest BCUT2D eigenvalue weighted by atomic mass is 10.0. The van der Waals surface area contributed by atoms with Gasteiger partial charge in [0.05, 0.1) is 6.61 Å². The van der Waals surface area contributed by atoms with E-state index in [2.05, 4.69) is 24.3 Å². The van der Waals surface area contributed by atoms with Crippen LogP contribution in [0.5, 0.6) is 11.5 Å². The first-order chi connectivity index (χ1) is 16.5. The zero-order chi connectivity index (χ0) is 24.1. The second-order valence-electron chi connectivity index (χ2n) is 9.18. The number of hydrogen-bond donors (Lipinski definition) is 1.